The van der Waals surface area contributed by atoms with Gasteiger partial charge in [-0.15, -0.1) is 0 Å². The zero-order chi connectivity index (χ0) is 24.9. The molecular weight excluding hydrogens is 449 g/mol. The quantitative estimate of drug-likeness (QED) is 0.444. The highest BCUT2D eigenvalue weighted by atomic mass is 19.4. The van der Waals surface area contributed by atoms with Gasteiger partial charge in [0.2, 0.25) is 0 Å². The number of nitrogens with zero attached hydrogens (tertiary/aromatic N) is 2. The number of piperazine rings is 1. The second-order valence-corrected chi connectivity index (χ2v) is 8.33. The molecule has 1 fully saturated rings. The smallest absolute Gasteiger partial charge is 0.416 e. The molecule has 1 amide bonds. The van der Waals surface area contributed by atoms with Crippen molar-refractivity contribution in [2.45, 2.75) is 33.4 Å². The average molecular weight is 481 g/mol. The number of aromatic amines is 1. The highest BCUT2D eigenvalue weighted by Gasteiger charge is 2.31. The minimum absolute atomic E-state index is 0.263. The van der Waals surface area contributed by atoms with Gasteiger partial charge >= 0.3 is 12.1 Å². The Bertz CT molecular complexity index is 1010. The number of ether oxygens (including phenoxy) is 1. The summed E-state index contributed by atoms with van der Waals surface area (Å²) in [6, 6.07) is 5.43. The second-order valence-electron chi connectivity index (χ2n) is 8.33. The van der Waals surface area contributed by atoms with Crippen molar-refractivity contribution in [3.63, 3.8) is 0 Å². The fourth-order valence-electron chi connectivity index (χ4n) is 4.19. The molecule has 34 heavy (non-hydrogen) atoms. The summed E-state index contributed by atoms with van der Waals surface area (Å²) < 4.78 is 44.0. The number of hydrogen-bond acceptors (Lipinski definition) is 5. The van der Waals surface area contributed by atoms with E-state index in [0.29, 0.717) is 47.8 Å². The molecule has 1 aromatic carbocycles. The molecule has 7 nitrogen and oxygen atoms in total. The van der Waals surface area contributed by atoms with Crippen LogP contribution in [0.5, 0.6) is 0 Å². The van der Waals surface area contributed by atoms with Crippen molar-refractivity contribution in [2.24, 2.45) is 0 Å². The SMILES string of the molecule is CCOC(=O)c1c(C)[nH]c(C(=O)NCCCN2CCN(c3cccc(C(F)(F)F)c3)CC2)c1C. The third-order valence-corrected chi connectivity index (χ3v) is 5.99. The number of anilines is 1. The molecule has 2 N–H and O–H groups in total. The number of benzene rings is 1. The van der Waals surface area contributed by atoms with E-state index in [9.17, 15) is 22.8 Å². The lowest BCUT2D eigenvalue weighted by molar-refractivity contribution is -0.137. The molecule has 10 heteroatoms. The van der Waals surface area contributed by atoms with Crippen LogP contribution in [0, 0.1) is 13.8 Å². The zero-order valence-electron chi connectivity index (χ0n) is 19.7. The van der Waals surface area contributed by atoms with Crippen LogP contribution in [0.4, 0.5) is 18.9 Å². The van der Waals surface area contributed by atoms with E-state index in [1.807, 2.05) is 4.90 Å². The van der Waals surface area contributed by atoms with E-state index in [-0.39, 0.29) is 12.5 Å². The van der Waals surface area contributed by atoms with Crippen molar-refractivity contribution in [3.8, 4) is 0 Å². The van der Waals surface area contributed by atoms with Gasteiger partial charge in [-0.05, 0) is 57.5 Å². The van der Waals surface area contributed by atoms with Crippen LogP contribution in [0.2, 0.25) is 0 Å². The van der Waals surface area contributed by atoms with Crippen molar-refractivity contribution in [2.75, 3.05) is 50.8 Å². The van der Waals surface area contributed by atoms with Crippen LogP contribution in [0.25, 0.3) is 0 Å². The van der Waals surface area contributed by atoms with Crippen LogP contribution in [0.1, 0.15) is 51.0 Å². The van der Waals surface area contributed by atoms with E-state index in [2.05, 4.69) is 15.2 Å². The molecule has 0 atom stereocenters. The van der Waals surface area contributed by atoms with Crippen molar-refractivity contribution < 1.29 is 27.5 Å². The molecule has 1 aliphatic rings. The fraction of sp³-hybridized carbons (Fsp3) is 0.500. The number of nitrogens with one attached hydrogen (secondary N) is 2. The van der Waals surface area contributed by atoms with Crippen molar-refractivity contribution in [3.05, 3.63) is 52.3 Å². The Labute approximate surface area is 197 Å². The first kappa shape index (κ1) is 25.6. The van der Waals surface area contributed by atoms with Gasteiger partial charge in [-0.2, -0.15) is 13.2 Å². The number of H-pyrrole nitrogens is 1. The number of aromatic nitrogens is 1. The number of esters is 1. The Kier molecular flexibility index (Phi) is 8.24. The largest absolute Gasteiger partial charge is 0.462 e. The number of alkyl halides is 3. The van der Waals surface area contributed by atoms with Crippen LogP contribution in [0.3, 0.4) is 0 Å². The Morgan fingerprint density at radius 1 is 1.15 bits per heavy atom. The molecule has 2 heterocycles. The Morgan fingerprint density at radius 2 is 1.85 bits per heavy atom. The lowest BCUT2D eigenvalue weighted by atomic mass is 10.1. The number of aryl methyl sites for hydroxylation is 1. The van der Waals surface area contributed by atoms with E-state index < -0.39 is 17.7 Å². The summed E-state index contributed by atoms with van der Waals surface area (Å²) >= 11 is 0. The predicted molar refractivity (Wildman–Crippen MR) is 123 cm³/mol. The summed E-state index contributed by atoms with van der Waals surface area (Å²) in [5.41, 5.74) is 1.87. The lowest BCUT2D eigenvalue weighted by Crippen LogP contribution is -2.47. The van der Waals surface area contributed by atoms with Gasteiger partial charge in [0.05, 0.1) is 17.7 Å². The van der Waals surface area contributed by atoms with Gasteiger partial charge in [0.1, 0.15) is 5.69 Å². The van der Waals surface area contributed by atoms with Gasteiger partial charge in [-0.1, -0.05) is 6.07 Å². The van der Waals surface area contributed by atoms with Gasteiger partial charge in [0, 0.05) is 44.1 Å². The van der Waals surface area contributed by atoms with Gasteiger partial charge in [0.15, 0.2) is 0 Å². The lowest BCUT2D eigenvalue weighted by Gasteiger charge is -2.36. The van der Waals surface area contributed by atoms with E-state index >= 15 is 0 Å². The summed E-state index contributed by atoms with van der Waals surface area (Å²) in [6.45, 7) is 9.45. The van der Waals surface area contributed by atoms with Crippen LogP contribution >= 0.6 is 0 Å². The molecule has 0 aliphatic carbocycles. The molecule has 1 aliphatic heterocycles. The molecule has 0 saturated carbocycles. The van der Waals surface area contributed by atoms with Gasteiger partial charge < -0.3 is 19.9 Å². The van der Waals surface area contributed by atoms with Crippen LogP contribution in [-0.4, -0.2) is 67.6 Å². The maximum absolute atomic E-state index is 13.0. The Balaban J connectivity index is 1.43. The normalized spacial score (nSPS) is 14.8. The molecule has 186 valence electrons. The molecule has 0 radical (unpaired) electrons. The van der Waals surface area contributed by atoms with Crippen molar-refractivity contribution >= 4 is 17.6 Å². The van der Waals surface area contributed by atoms with Gasteiger partial charge in [0.25, 0.3) is 5.91 Å². The minimum Gasteiger partial charge on any atom is -0.462 e. The van der Waals surface area contributed by atoms with E-state index in [1.165, 1.54) is 12.1 Å². The average Bonchev–Trinajstić information content (AvgIpc) is 3.10. The predicted octanol–water partition coefficient (Wildman–Crippen LogP) is 3.77. The highest BCUT2D eigenvalue weighted by molar-refractivity contribution is 6.00. The number of amides is 1. The van der Waals surface area contributed by atoms with Gasteiger partial charge in [-0.25, -0.2) is 4.79 Å². The topological polar surface area (TPSA) is 77.7 Å². The highest BCUT2D eigenvalue weighted by Crippen LogP contribution is 2.31. The van der Waals surface area contributed by atoms with Crippen LogP contribution < -0.4 is 10.2 Å². The zero-order valence-corrected chi connectivity index (χ0v) is 19.7. The molecule has 1 saturated heterocycles. The maximum Gasteiger partial charge on any atom is 0.416 e. The summed E-state index contributed by atoms with van der Waals surface area (Å²) in [5.74, 6) is -0.720. The number of carbonyl (C=O) groups is 2. The first-order valence-corrected chi connectivity index (χ1v) is 11.4. The Morgan fingerprint density at radius 3 is 2.50 bits per heavy atom. The second kappa shape index (κ2) is 10.9. The van der Waals surface area contributed by atoms with Gasteiger partial charge in [-0.3, -0.25) is 9.69 Å². The molecule has 1 aromatic heterocycles. The first-order valence-electron chi connectivity index (χ1n) is 11.4. The standard InChI is InChI=1S/C24H31F3N4O3/c1-4-34-23(33)20-16(2)21(29-17(20)3)22(32)28-9-6-10-30-11-13-31(14-12-30)19-8-5-7-18(15-19)24(25,26)27/h5,7-8,15,29H,4,6,9-14H2,1-3H3,(H,28,32). The van der Waals surface area contributed by atoms with E-state index in [4.69, 9.17) is 4.74 Å². The van der Waals surface area contributed by atoms with E-state index in [1.54, 1.807) is 26.8 Å². The summed E-state index contributed by atoms with van der Waals surface area (Å²) in [7, 11) is 0. The third kappa shape index (κ3) is 6.11. The monoisotopic (exact) mass is 480 g/mol. The molecule has 0 bridgehead atoms. The summed E-state index contributed by atoms with van der Waals surface area (Å²) in [6.07, 6.45) is -3.61. The molecular formula is C24H31F3N4O3. The maximum atomic E-state index is 13.0. The number of carbonyl (C=O) groups excluding carboxylic acids is 2. The van der Waals surface area contributed by atoms with E-state index in [0.717, 1.165) is 32.1 Å². The summed E-state index contributed by atoms with van der Waals surface area (Å²) in [5, 5.41) is 2.88. The van der Waals surface area contributed by atoms with Crippen molar-refractivity contribution in [1.82, 2.24) is 15.2 Å². The molecule has 2 aromatic rings. The number of hydrogen-bond donors (Lipinski definition) is 2. The molecule has 0 unspecified atom stereocenters. The Hall–Kier alpha value is -3.01. The fourth-order valence-corrected chi connectivity index (χ4v) is 4.19. The minimum atomic E-state index is -4.35. The van der Waals surface area contributed by atoms with Crippen molar-refractivity contribution in [1.29, 1.82) is 0 Å². The van der Waals surface area contributed by atoms with Crippen LogP contribution in [0.15, 0.2) is 24.3 Å². The number of rotatable bonds is 8. The van der Waals surface area contributed by atoms with Crippen LogP contribution in [-0.2, 0) is 10.9 Å². The molecule has 3 rings (SSSR count). The summed E-state index contributed by atoms with van der Waals surface area (Å²) in [4.78, 5) is 31.8. The first-order chi connectivity index (χ1) is 16.1. The number of halogens is 3. The third-order valence-electron chi connectivity index (χ3n) is 5.99. The molecule has 0 spiro atoms.